The monoisotopic (exact) mass is 406 g/mol. The van der Waals surface area contributed by atoms with Crippen LogP contribution < -0.4 is 0 Å². The summed E-state index contributed by atoms with van der Waals surface area (Å²) in [4.78, 5) is 0. The van der Waals surface area contributed by atoms with Crippen LogP contribution in [0.25, 0.3) is 0 Å². The Morgan fingerprint density at radius 2 is 1.30 bits per heavy atom. The number of hydrogen-bond acceptors (Lipinski definition) is 2. The summed E-state index contributed by atoms with van der Waals surface area (Å²) in [5.74, 6) is 3.75. The van der Waals surface area contributed by atoms with Crippen LogP contribution in [0.2, 0.25) is 0 Å². The first-order valence-electron chi connectivity index (χ1n) is 9.82. The second-order valence-corrected chi connectivity index (χ2v) is 6.86. The molecule has 30 heavy (non-hydrogen) atoms. The molecule has 0 heterocycles. The molecule has 3 aromatic carbocycles. The smallest absolute Gasteiger partial charge is 0.142 e. The SMILES string of the molecule is CCCCCc1cc(F)c(C#Cc2ccc(N=Nc3ccc(F)cc3)cc2)c(F)c1. The van der Waals surface area contributed by atoms with Gasteiger partial charge in [-0.05, 0) is 79.1 Å². The molecule has 0 amide bonds. The normalized spacial score (nSPS) is 10.8. The molecule has 0 saturated carbocycles. The van der Waals surface area contributed by atoms with Gasteiger partial charge in [-0.3, -0.25) is 0 Å². The van der Waals surface area contributed by atoms with E-state index in [4.69, 9.17) is 0 Å². The highest BCUT2D eigenvalue weighted by molar-refractivity contribution is 5.49. The Kier molecular flexibility index (Phi) is 7.40. The number of azo groups is 1. The van der Waals surface area contributed by atoms with Crippen molar-refractivity contribution in [3.05, 3.63) is 94.8 Å². The predicted molar refractivity (Wildman–Crippen MR) is 113 cm³/mol. The number of rotatable bonds is 6. The Labute approximate surface area is 174 Å². The van der Waals surface area contributed by atoms with Crippen molar-refractivity contribution in [1.82, 2.24) is 0 Å². The van der Waals surface area contributed by atoms with Gasteiger partial charge in [0.1, 0.15) is 17.5 Å². The van der Waals surface area contributed by atoms with Crippen molar-refractivity contribution < 1.29 is 13.2 Å². The van der Waals surface area contributed by atoms with E-state index in [1.54, 1.807) is 24.3 Å². The van der Waals surface area contributed by atoms with Crippen LogP contribution in [-0.2, 0) is 6.42 Å². The molecule has 0 bridgehead atoms. The van der Waals surface area contributed by atoms with Crippen LogP contribution >= 0.6 is 0 Å². The molecule has 3 rings (SSSR count). The number of nitrogens with zero attached hydrogens (tertiary/aromatic N) is 2. The number of hydrogen-bond donors (Lipinski definition) is 0. The Morgan fingerprint density at radius 3 is 1.87 bits per heavy atom. The first-order chi connectivity index (χ1) is 14.5. The van der Waals surface area contributed by atoms with Gasteiger partial charge < -0.3 is 0 Å². The van der Waals surface area contributed by atoms with Gasteiger partial charge in [0.2, 0.25) is 0 Å². The second-order valence-electron chi connectivity index (χ2n) is 6.86. The molecule has 0 aliphatic rings. The minimum Gasteiger partial charge on any atom is -0.207 e. The number of benzene rings is 3. The van der Waals surface area contributed by atoms with E-state index in [0.29, 0.717) is 28.9 Å². The minimum atomic E-state index is -0.640. The molecule has 0 atom stereocenters. The molecule has 0 N–H and O–H groups in total. The molecule has 0 aliphatic heterocycles. The van der Waals surface area contributed by atoms with Gasteiger partial charge in [0.25, 0.3) is 0 Å². The van der Waals surface area contributed by atoms with Gasteiger partial charge in [-0.2, -0.15) is 10.2 Å². The van der Waals surface area contributed by atoms with Crippen molar-refractivity contribution >= 4 is 11.4 Å². The summed E-state index contributed by atoms with van der Waals surface area (Å²) in [5.41, 5.74) is 2.14. The summed E-state index contributed by atoms with van der Waals surface area (Å²) in [6.45, 7) is 2.08. The fraction of sp³-hybridized carbons (Fsp3) is 0.200. The van der Waals surface area contributed by atoms with E-state index < -0.39 is 11.6 Å². The number of aryl methyl sites for hydroxylation is 1. The molecule has 152 valence electrons. The van der Waals surface area contributed by atoms with Crippen LogP contribution in [0.4, 0.5) is 24.5 Å². The van der Waals surface area contributed by atoms with Crippen LogP contribution in [0.3, 0.4) is 0 Å². The topological polar surface area (TPSA) is 24.7 Å². The average Bonchev–Trinajstić information content (AvgIpc) is 2.74. The van der Waals surface area contributed by atoms with Crippen molar-refractivity contribution in [2.24, 2.45) is 10.2 Å². The largest absolute Gasteiger partial charge is 0.207 e. The van der Waals surface area contributed by atoms with Gasteiger partial charge in [-0.15, -0.1) is 0 Å². The Morgan fingerprint density at radius 1 is 0.733 bits per heavy atom. The summed E-state index contributed by atoms with van der Waals surface area (Å²) in [7, 11) is 0. The Balaban J connectivity index is 1.69. The van der Waals surface area contributed by atoms with Gasteiger partial charge in [0, 0.05) is 5.56 Å². The zero-order chi connectivity index (χ0) is 21.3. The standard InChI is InChI=1S/C25H21F3N2/c1-2-3-4-5-19-16-24(27)23(25(28)17-19)15-8-18-6-11-21(12-7-18)29-30-22-13-9-20(26)10-14-22/h6-7,9-14,16-17H,2-5H2,1H3. The van der Waals surface area contributed by atoms with E-state index in [0.717, 1.165) is 19.3 Å². The molecular weight excluding hydrogens is 385 g/mol. The third kappa shape index (κ3) is 6.05. The van der Waals surface area contributed by atoms with E-state index >= 15 is 0 Å². The van der Waals surface area contributed by atoms with E-state index in [-0.39, 0.29) is 11.4 Å². The molecule has 0 saturated heterocycles. The summed E-state index contributed by atoms with van der Waals surface area (Å²) in [6, 6.07) is 15.2. The third-order valence-electron chi connectivity index (χ3n) is 4.48. The van der Waals surface area contributed by atoms with Crippen LogP contribution in [0.1, 0.15) is 42.9 Å². The van der Waals surface area contributed by atoms with Crippen LogP contribution in [0.15, 0.2) is 70.9 Å². The van der Waals surface area contributed by atoms with Crippen molar-refractivity contribution in [2.75, 3.05) is 0 Å². The van der Waals surface area contributed by atoms with Gasteiger partial charge in [0.05, 0.1) is 16.9 Å². The van der Waals surface area contributed by atoms with Gasteiger partial charge in [-0.25, -0.2) is 13.2 Å². The van der Waals surface area contributed by atoms with Crippen LogP contribution in [0.5, 0.6) is 0 Å². The lowest BCUT2D eigenvalue weighted by atomic mass is 10.0. The average molecular weight is 406 g/mol. The van der Waals surface area contributed by atoms with Gasteiger partial charge in [0.15, 0.2) is 0 Å². The molecule has 5 heteroatoms. The number of unbranched alkanes of at least 4 members (excludes halogenated alkanes) is 2. The number of halogens is 3. The highest BCUT2D eigenvalue weighted by Crippen LogP contribution is 2.20. The maximum absolute atomic E-state index is 14.3. The zero-order valence-electron chi connectivity index (χ0n) is 16.6. The third-order valence-corrected chi connectivity index (χ3v) is 4.48. The van der Waals surface area contributed by atoms with Crippen LogP contribution in [0, 0.1) is 29.3 Å². The molecule has 0 aliphatic carbocycles. The lowest BCUT2D eigenvalue weighted by Crippen LogP contribution is -1.95. The molecule has 0 aromatic heterocycles. The molecule has 0 radical (unpaired) electrons. The van der Waals surface area contributed by atoms with Crippen LogP contribution in [-0.4, -0.2) is 0 Å². The van der Waals surface area contributed by atoms with E-state index in [1.807, 2.05) is 0 Å². The molecule has 0 fully saturated rings. The molecular formula is C25H21F3N2. The highest BCUT2D eigenvalue weighted by Gasteiger charge is 2.09. The summed E-state index contributed by atoms with van der Waals surface area (Å²) in [6.07, 6.45) is 3.65. The maximum Gasteiger partial charge on any atom is 0.142 e. The highest BCUT2D eigenvalue weighted by atomic mass is 19.1. The summed E-state index contributed by atoms with van der Waals surface area (Å²) in [5, 5.41) is 8.09. The Bertz CT molecular complexity index is 1050. The van der Waals surface area contributed by atoms with Crippen molar-refractivity contribution in [2.45, 2.75) is 32.6 Å². The molecule has 0 spiro atoms. The molecule has 2 nitrogen and oxygen atoms in total. The van der Waals surface area contributed by atoms with Crippen molar-refractivity contribution in [1.29, 1.82) is 0 Å². The maximum atomic E-state index is 14.3. The second kappa shape index (κ2) is 10.4. The van der Waals surface area contributed by atoms with Gasteiger partial charge >= 0.3 is 0 Å². The van der Waals surface area contributed by atoms with E-state index in [1.165, 1.54) is 36.4 Å². The summed E-state index contributed by atoms with van der Waals surface area (Å²) < 4.78 is 41.5. The minimum absolute atomic E-state index is 0.227. The van der Waals surface area contributed by atoms with E-state index in [2.05, 4.69) is 29.0 Å². The fourth-order valence-corrected chi connectivity index (χ4v) is 2.84. The summed E-state index contributed by atoms with van der Waals surface area (Å²) >= 11 is 0. The molecule has 3 aromatic rings. The Hall–Kier alpha value is -3.39. The van der Waals surface area contributed by atoms with Crippen molar-refractivity contribution in [3.63, 3.8) is 0 Å². The molecule has 0 unspecified atom stereocenters. The zero-order valence-corrected chi connectivity index (χ0v) is 16.6. The predicted octanol–water partition coefficient (Wildman–Crippen LogP) is 7.65. The first kappa shape index (κ1) is 21.3. The van der Waals surface area contributed by atoms with Gasteiger partial charge in [-0.1, -0.05) is 31.6 Å². The fourth-order valence-electron chi connectivity index (χ4n) is 2.84. The quantitative estimate of drug-likeness (QED) is 0.228. The lowest BCUT2D eigenvalue weighted by Gasteiger charge is -2.04. The lowest BCUT2D eigenvalue weighted by molar-refractivity contribution is 0.572. The van der Waals surface area contributed by atoms with E-state index in [9.17, 15) is 13.2 Å². The van der Waals surface area contributed by atoms with Crippen molar-refractivity contribution in [3.8, 4) is 11.8 Å². The first-order valence-corrected chi connectivity index (χ1v) is 9.82.